The van der Waals surface area contributed by atoms with Crippen molar-refractivity contribution in [3.05, 3.63) is 28.2 Å². The molecule has 1 aliphatic heterocycles. The summed E-state index contributed by atoms with van der Waals surface area (Å²) in [7, 11) is 1.98. The summed E-state index contributed by atoms with van der Waals surface area (Å²) in [5, 5.41) is 13.3. The van der Waals surface area contributed by atoms with Crippen molar-refractivity contribution in [3.8, 4) is 0 Å². The summed E-state index contributed by atoms with van der Waals surface area (Å²) in [6.45, 7) is 2.98. The van der Waals surface area contributed by atoms with E-state index in [1.165, 1.54) is 17.7 Å². The Morgan fingerprint density at radius 2 is 2.21 bits per heavy atom. The van der Waals surface area contributed by atoms with E-state index in [-0.39, 0.29) is 6.10 Å². The Kier molecular flexibility index (Phi) is 3.83. The number of hydrogen-bond acceptors (Lipinski definition) is 3. The van der Waals surface area contributed by atoms with Crippen molar-refractivity contribution >= 4 is 21.6 Å². The van der Waals surface area contributed by atoms with Gasteiger partial charge in [-0.3, -0.25) is 0 Å². The first-order chi connectivity index (χ1) is 9.19. The molecule has 19 heavy (non-hydrogen) atoms. The summed E-state index contributed by atoms with van der Waals surface area (Å²) >= 11 is 3.55. The summed E-state index contributed by atoms with van der Waals surface area (Å²) in [6.07, 6.45) is 2.09. The molecule has 3 unspecified atom stereocenters. The highest BCUT2D eigenvalue weighted by atomic mass is 79.9. The zero-order valence-electron chi connectivity index (χ0n) is 11.3. The lowest BCUT2D eigenvalue weighted by Gasteiger charge is -2.24. The fourth-order valence-corrected chi connectivity index (χ4v) is 4.04. The molecule has 1 saturated heterocycles. The fraction of sp³-hybridized carbons (Fsp3) is 0.600. The molecule has 2 aliphatic rings. The summed E-state index contributed by atoms with van der Waals surface area (Å²) in [5.41, 5.74) is 2.64. The van der Waals surface area contributed by atoms with Crippen molar-refractivity contribution in [1.29, 1.82) is 0 Å². The third-order valence-electron chi connectivity index (χ3n) is 4.57. The Bertz CT molecular complexity index is 465. The van der Waals surface area contributed by atoms with Crippen molar-refractivity contribution in [3.63, 3.8) is 0 Å². The van der Waals surface area contributed by atoms with Gasteiger partial charge >= 0.3 is 0 Å². The third-order valence-corrected chi connectivity index (χ3v) is 5.06. The molecule has 3 rings (SSSR count). The number of nitrogens with zero attached hydrogens (tertiary/aromatic N) is 1. The van der Waals surface area contributed by atoms with Gasteiger partial charge in [-0.05, 0) is 49.6 Å². The molecule has 2 N–H and O–H groups in total. The number of halogens is 1. The molecule has 1 aromatic carbocycles. The molecule has 1 aromatic rings. The van der Waals surface area contributed by atoms with E-state index in [0.29, 0.717) is 11.8 Å². The minimum Gasteiger partial charge on any atom is -0.393 e. The first-order valence-electron chi connectivity index (χ1n) is 7.05. The van der Waals surface area contributed by atoms with Crippen LogP contribution in [0.25, 0.3) is 0 Å². The van der Waals surface area contributed by atoms with Crippen LogP contribution in [-0.2, 0) is 6.54 Å². The lowest BCUT2D eigenvalue weighted by molar-refractivity contribution is 0.133. The van der Waals surface area contributed by atoms with Crippen molar-refractivity contribution in [2.75, 3.05) is 25.0 Å². The molecule has 4 heteroatoms. The molecule has 0 spiro atoms. The molecule has 3 atom stereocenters. The maximum absolute atomic E-state index is 10.0. The van der Waals surface area contributed by atoms with E-state index in [0.717, 1.165) is 30.5 Å². The molecular weight excluding hydrogens is 304 g/mol. The maximum Gasteiger partial charge on any atom is 0.0588 e. The van der Waals surface area contributed by atoms with Gasteiger partial charge < -0.3 is 15.3 Å². The number of hydrogen-bond donors (Lipinski definition) is 2. The number of nitrogens with one attached hydrogen (secondary N) is 1. The van der Waals surface area contributed by atoms with Gasteiger partial charge in [0.25, 0.3) is 0 Å². The molecule has 2 fully saturated rings. The van der Waals surface area contributed by atoms with E-state index in [4.69, 9.17) is 0 Å². The van der Waals surface area contributed by atoms with Gasteiger partial charge in [-0.2, -0.15) is 0 Å². The van der Waals surface area contributed by atoms with Gasteiger partial charge in [0.05, 0.1) is 6.10 Å². The number of aliphatic hydroxyl groups excluding tert-OH is 1. The number of aliphatic hydroxyl groups is 1. The normalized spacial score (nSPS) is 29.8. The lowest BCUT2D eigenvalue weighted by atomic mass is 10.00. The molecule has 0 amide bonds. The smallest absolute Gasteiger partial charge is 0.0588 e. The molecule has 0 bridgehead atoms. The first-order valence-corrected chi connectivity index (χ1v) is 7.84. The van der Waals surface area contributed by atoms with Crippen molar-refractivity contribution in [1.82, 2.24) is 5.32 Å². The zero-order chi connectivity index (χ0) is 13.4. The monoisotopic (exact) mass is 324 g/mol. The average Bonchev–Trinajstić information content (AvgIpc) is 2.93. The molecule has 1 heterocycles. The van der Waals surface area contributed by atoms with Crippen molar-refractivity contribution < 1.29 is 5.11 Å². The Hall–Kier alpha value is -0.580. The van der Waals surface area contributed by atoms with Gasteiger partial charge in [0.15, 0.2) is 0 Å². The highest BCUT2D eigenvalue weighted by Crippen LogP contribution is 2.40. The Morgan fingerprint density at radius 1 is 1.37 bits per heavy atom. The van der Waals surface area contributed by atoms with Crippen LogP contribution in [0.1, 0.15) is 18.4 Å². The van der Waals surface area contributed by atoms with E-state index in [1.54, 1.807) is 0 Å². The van der Waals surface area contributed by atoms with E-state index in [1.807, 2.05) is 7.05 Å². The summed E-state index contributed by atoms with van der Waals surface area (Å²) in [6, 6.07) is 6.50. The maximum atomic E-state index is 10.0. The highest BCUT2D eigenvalue weighted by molar-refractivity contribution is 9.10. The van der Waals surface area contributed by atoms with Gasteiger partial charge in [-0.15, -0.1) is 0 Å². The van der Waals surface area contributed by atoms with Gasteiger partial charge in [-0.1, -0.05) is 15.9 Å². The number of fused-ring (bicyclic) bond motifs is 1. The molecule has 104 valence electrons. The number of anilines is 1. The molecule has 0 aromatic heterocycles. The van der Waals surface area contributed by atoms with Crippen LogP contribution in [0.2, 0.25) is 0 Å². The molecular formula is C15H21BrN2O. The molecule has 0 radical (unpaired) electrons. The Morgan fingerprint density at radius 3 is 2.95 bits per heavy atom. The van der Waals surface area contributed by atoms with Crippen LogP contribution in [0.15, 0.2) is 22.7 Å². The van der Waals surface area contributed by atoms with E-state index < -0.39 is 0 Å². The van der Waals surface area contributed by atoms with Crippen LogP contribution in [0.4, 0.5) is 5.69 Å². The quantitative estimate of drug-likeness (QED) is 0.896. The van der Waals surface area contributed by atoms with E-state index in [2.05, 4.69) is 44.3 Å². The minimum absolute atomic E-state index is 0.0850. The predicted octanol–water partition coefficient (Wildman–Crippen LogP) is 2.38. The Balaban J connectivity index is 1.83. The number of benzene rings is 1. The van der Waals surface area contributed by atoms with Crippen LogP contribution >= 0.6 is 15.9 Å². The van der Waals surface area contributed by atoms with Gasteiger partial charge in [0.1, 0.15) is 0 Å². The first kappa shape index (κ1) is 13.4. The topological polar surface area (TPSA) is 35.5 Å². The summed E-state index contributed by atoms with van der Waals surface area (Å²) < 4.78 is 1.13. The second-order valence-corrected chi connectivity index (χ2v) is 6.69. The minimum atomic E-state index is -0.0850. The fourth-order valence-electron chi connectivity index (χ4n) is 3.63. The Labute approximate surface area is 123 Å². The largest absolute Gasteiger partial charge is 0.393 e. The van der Waals surface area contributed by atoms with Gasteiger partial charge in [-0.25, -0.2) is 0 Å². The second kappa shape index (κ2) is 5.43. The van der Waals surface area contributed by atoms with Gasteiger partial charge in [0, 0.05) is 35.7 Å². The van der Waals surface area contributed by atoms with Crippen molar-refractivity contribution in [2.45, 2.75) is 25.5 Å². The molecule has 1 aliphatic carbocycles. The van der Waals surface area contributed by atoms with E-state index in [9.17, 15) is 5.11 Å². The van der Waals surface area contributed by atoms with E-state index >= 15 is 0 Å². The van der Waals surface area contributed by atoms with Crippen LogP contribution in [-0.4, -0.2) is 31.3 Å². The van der Waals surface area contributed by atoms with Crippen molar-refractivity contribution in [2.24, 2.45) is 11.8 Å². The van der Waals surface area contributed by atoms with Crippen LogP contribution < -0.4 is 10.2 Å². The highest BCUT2D eigenvalue weighted by Gasteiger charge is 2.42. The predicted molar refractivity (Wildman–Crippen MR) is 81.3 cm³/mol. The lowest BCUT2D eigenvalue weighted by Crippen LogP contribution is -2.25. The standard InChI is InChI=1S/C15H21BrN2O/c1-17-7-11-6-12(16)3-4-14(11)18-8-10-2-5-15(19)13(10)9-18/h3-4,6,10,13,15,17,19H,2,5,7-9H2,1H3. The van der Waals surface area contributed by atoms with Gasteiger partial charge in [0.2, 0.25) is 0 Å². The second-order valence-electron chi connectivity index (χ2n) is 5.78. The van der Waals surface area contributed by atoms with Crippen LogP contribution in [0.3, 0.4) is 0 Å². The third kappa shape index (κ3) is 2.54. The molecule has 3 nitrogen and oxygen atoms in total. The summed E-state index contributed by atoms with van der Waals surface area (Å²) in [5.74, 6) is 1.16. The summed E-state index contributed by atoms with van der Waals surface area (Å²) in [4.78, 5) is 2.46. The zero-order valence-corrected chi connectivity index (χ0v) is 12.9. The molecule has 1 saturated carbocycles. The SMILES string of the molecule is CNCc1cc(Br)ccc1N1CC2CCC(O)C2C1. The average molecular weight is 325 g/mol. The number of rotatable bonds is 3. The van der Waals surface area contributed by atoms with Crippen LogP contribution in [0.5, 0.6) is 0 Å². The van der Waals surface area contributed by atoms with Crippen LogP contribution in [0, 0.1) is 11.8 Å².